The molecular weight excluding hydrogens is 266 g/mol. The summed E-state index contributed by atoms with van der Waals surface area (Å²) in [6, 6.07) is 0.660. The maximum atomic E-state index is 5.62. The van der Waals surface area contributed by atoms with Crippen LogP contribution in [0, 0.1) is 5.92 Å². The highest BCUT2D eigenvalue weighted by atomic mass is 16.5. The Labute approximate surface area is 127 Å². The predicted molar refractivity (Wildman–Crippen MR) is 80.1 cm³/mol. The molecule has 2 aliphatic heterocycles. The van der Waals surface area contributed by atoms with Gasteiger partial charge in [0.05, 0.1) is 6.10 Å². The Morgan fingerprint density at radius 3 is 2.67 bits per heavy atom. The molecule has 2 aliphatic rings. The van der Waals surface area contributed by atoms with E-state index in [4.69, 9.17) is 9.26 Å². The summed E-state index contributed by atoms with van der Waals surface area (Å²) in [6.45, 7) is 7.81. The first-order valence-corrected chi connectivity index (χ1v) is 8.38. The number of nitrogens with zero attached hydrogens (tertiary/aromatic N) is 3. The van der Waals surface area contributed by atoms with Crippen LogP contribution in [0.5, 0.6) is 0 Å². The van der Waals surface area contributed by atoms with Crippen LogP contribution >= 0.6 is 0 Å². The van der Waals surface area contributed by atoms with Gasteiger partial charge in [-0.05, 0) is 58.5 Å². The van der Waals surface area contributed by atoms with E-state index in [1.807, 2.05) is 0 Å². The molecule has 118 valence electrons. The Morgan fingerprint density at radius 2 is 2.00 bits per heavy atom. The summed E-state index contributed by atoms with van der Waals surface area (Å²) in [5.41, 5.74) is 0. The van der Waals surface area contributed by atoms with Gasteiger partial charge in [0, 0.05) is 25.5 Å². The second kappa shape index (κ2) is 6.88. The SMILES string of the molecule is CC(C)N1CCC(Cc2nc(C[C@H]3CCCO3)no2)CC1. The molecular formula is C16H27N3O2. The van der Waals surface area contributed by atoms with Gasteiger partial charge in [0.15, 0.2) is 5.82 Å². The average molecular weight is 293 g/mol. The molecule has 0 spiro atoms. The van der Waals surface area contributed by atoms with Crippen LogP contribution in [0.2, 0.25) is 0 Å². The van der Waals surface area contributed by atoms with Gasteiger partial charge in [0.25, 0.3) is 0 Å². The zero-order chi connectivity index (χ0) is 14.7. The largest absolute Gasteiger partial charge is 0.378 e. The summed E-state index contributed by atoms with van der Waals surface area (Å²) >= 11 is 0. The van der Waals surface area contributed by atoms with Crippen molar-refractivity contribution in [1.29, 1.82) is 0 Å². The van der Waals surface area contributed by atoms with Gasteiger partial charge in [-0.15, -0.1) is 0 Å². The van der Waals surface area contributed by atoms with Crippen molar-refractivity contribution in [2.75, 3.05) is 19.7 Å². The predicted octanol–water partition coefficient (Wildman–Crippen LogP) is 2.45. The highest BCUT2D eigenvalue weighted by molar-refractivity contribution is 4.92. The van der Waals surface area contributed by atoms with Crippen LogP contribution in [0.25, 0.3) is 0 Å². The number of ether oxygens (including phenoxy) is 1. The molecule has 0 radical (unpaired) electrons. The Morgan fingerprint density at radius 1 is 1.19 bits per heavy atom. The lowest BCUT2D eigenvalue weighted by Crippen LogP contribution is -2.38. The van der Waals surface area contributed by atoms with E-state index in [9.17, 15) is 0 Å². The topological polar surface area (TPSA) is 51.4 Å². The van der Waals surface area contributed by atoms with Crippen LogP contribution in [0.15, 0.2) is 4.52 Å². The van der Waals surface area contributed by atoms with Gasteiger partial charge >= 0.3 is 0 Å². The quantitative estimate of drug-likeness (QED) is 0.834. The summed E-state index contributed by atoms with van der Waals surface area (Å²) in [6.07, 6.45) is 6.79. The summed E-state index contributed by atoms with van der Waals surface area (Å²) in [5.74, 6) is 2.32. The van der Waals surface area contributed by atoms with Gasteiger partial charge in [-0.25, -0.2) is 0 Å². The Hall–Kier alpha value is -0.940. The van der Waals surface area contributed by atoms with E-state index in [0.29, 0.717) is 18.1 Å². The lowest BCUT2D eigenvalue weighted by molar-refractivity contribution is 0.109. The number of rotatable bonds is 5. The monoisotopic (exact) mass is 293 g/mol. The lowest BCUT2D eigenvalue weighted by Gasteiger charge is -2.34. The zero-order valence-electron chi connectivity index (χ0n) is 13.3. The van der Waals surface area contributed by atoms with Gasteiger partial charge in [-0.2, -0.15) is 4.98 Å². The molecule has 0 unspecified atom stereocenters. The summed E-state index contributed by atoms with van der Waals surface area (Å²) in [7, 11) is 0. The molecule has 1 aromatic rings. The van der Waals surface area contributed by atoms with E-state index >= 15 is 0 Å². The van der Waals surface area contributed by atoms with Crippen LogP contribution in [-0.2, 0) is 17.6 Å². The fourth-order valence-electron chi connectivity index (χ4n) is 3.39. The second-order valence-electron chi connectivity index (χ2n) is 6.72. The fraction of sp³-hybridized carbons (Fsp3) is 0.875. The van der Waals surface area contributed by atoms with Gasteiger partial charge < -0.3 is 14.2 Å². The Balaban J connectivity index is 1.46. The first kappa shape index (κ1) is 15.0. The minimum Gasteiger partial charge on any atom is -0.378 e. The minimum atomic E-state index is 0.296. The molecule has 5 heteroatoms. The third-order valence-electron chi connectivity index (χ3n) is 4.79. The molecule has 0 bridgehead atoms. The van der Waals surface area contributed by atoms with Crippen LogP contribution in [0.3, 0.4) is 0 Å². The first-order chi connectivity index (χ1) is 10.2. The number of hydrogen-bond donors (Lipinski definition) is 0. The van der Waals surface area contributed by atoms with E-state index < -0.39 is 0 Å². The van der Waals surface area contributed by atoms with Gasteiger partial charge in [-0.1, -0.05) is 5.16 Å². The Bertz CT molecular complexity index is 432. The molecule has 0 saturated carbocycles. The summed E-state index contributed by atoms with van der Waals surface area (Å²) < 4.78 is 11.0. The van der Waals surface area contributed by atoms with E-state index in [0.717, 1.165) is 44.0 Å². The summed E-state index contributed by atoms with van der Waals surface area (Å²) in [5, 5.41) is 4.11. The number of hydrogen-bond acceptors (Lipinski definition) is 5. The molecule has 2 fully saturated rings. The molecule has 1 atom stereocenters. The van der Waals surface area contributed by atoms with Gasteiger partial charge in [-0.3, -0.25) is 0 Å². The Kier molecular flexibility index (Phi) is 4.91. The third kappa shape index (κ3) is 4.04. The van der Waals surface area contributed by atoms with Gasteiger partial charge in [0.1, 0.15) is 0 Å². The highest BCUT2D eigenvalue weighted by Gasteiger charge is 2.24. The fourth-order valence-corrected chi connectivity index (χ4v) is 3.39. The van der Waals surface area contributed by atoms with E-state index in [1.165, 1.54) is 25.9 Å². The van der Waals surface area contributed by atoms with Crippen molar-refractivity contribution >= 4 is 0 Å². The normalized spacial score (nSPS) is 25.0. The minimum absolute atomic E-state index is 0.296. The first-order valence-electron chi connectivity index (χ1n) is 8.38. The van der Waals surface area contributed by atoms with Crippen molar-refractivity contribution in [2.24, 2.45) is 5.92 Å². The molecule has 3 rings (SSSR count). The molecule has 2 saturated heterocycles. The highest BCUT2D eigenvalue weighted by Crippen LogP contribution is 2.23. The van der Waals surface area contributed by atoms with Gasteiger partial charge in [0.2, 0.25) is 5.89 Å². The van der Waals surface area contributed by atoms with E-state index in [2.05, 4.69) is 28.9 Å². The number of likely N-dealkylation sites (tertiary alicyclic amines) is 1. The van der Waals surface area contributed by atoms with Crippen LogP contribution in [0.1, 0.15) is 51.2 Å². The second-order valence-corrected chi connectivity index (χ2v) is 6.72. The molecule has 21 heavy (non-hydrogen) atoms. The number of aromatic nitrogens is 2. The molecule has 0 aliphatic carbocycles. The molecule has 1 aromatic heterocycles. The maximum Gasteiger partial charge on any atom is 0.226 e. The number of piperidine rings is 1. The van der Waals surface area contributed by atoms with Crippen molar-refractivity contribution < 1.29 is 9.26 Å². The van der Waals surface area contributed by atoms with E-state index in [1.54, 1.807) is 0 Å². The van der Waals surface area contributed by atoms with Crippen LogP contribution in [-0.4, -0.2) is 46.9 Å². The molecule has 0 amide bonds. The van der Waals surface area contributed by atoms with Crippen molar-refractivity contribution in [3.63, 3.8) is 0 Å². The maximum absolute atomic E-state index is 5.62. The smallest absolute Gasteiger partial charge is 0.226 e. The molecule has 3 heterocycles. The molecule has 5 nitrogen and oxygen atoms in total. The van der Waals surface area contributed by atoms with Crippen molar-refractivity contribution in [3.8, 4) is 0 Å². The van der Waals surface area contributed by atoms with Crippen molar-refractivity contribution in [1.82, 2.24) is 15.0 Å². The van der Waals surface area contributed by atoms with Crippen molar-refractivity contribution in [2.45, 2.75) is 64.5 Å². The molecule has 0 aromatic carbocycles. The van der Waals surface area contributed by atoms with Crippen molar-refractivity contribution in [3.05, 3.63) is 11.7 Å². The van der Waals surface area contributed by atoms with Crippen LogP contribution in [0.4, 0.5) is 0 Å². The van der Waals surface area contributed by atoms with E-state index in [-0.39, 0.29) is 0 Å². The zero-order valence-corrected chi connectivity index (χ0v) is 13.3. The molecule has 0 N–H and O–H groups in total. The third-order valence-corrected chi connectivity index (χ3v) is 4.79. The van der Waals surface area contributed by atoms with Crippen LogP contribution < -0.4 is 0 Å². The summed E-state index contributed by atoms with van der Waals surface area (Å²) in [4.78, 5) is 7.10. The standard InChI is InChI=1S/C16H27N3O2/c1-12(2)19-7-5-13(6-8-19)10-16-17-15(18-21-16)11-14-4-3-9-20-14/h12-14H,3-11H2,1-2H3/t14-/m1/s1. The lowest BCUT2D eigenvalue weighted by atomic mass is 9.93. The average Bonchev–Trinajstić information content (AvgIpc) is 3.12.